The molecule has 4 aromatic rings. The van der Waals surface area contributed by atoms with Crippen LogP contribution < -0.4 is 5.32 Å². The van der Waals surface area contributed by atoms with E-state index < -0.39 is 5.97 Å². The molecule has 34 heavy (non-hydrogen) atoms. The molecule has 4 rings (SSSR count). The van der Waals surface area contributed by atoms with Crippen molar-refractivity contribution in [1.29, 1.82) is 0 Å². The van der Waals surface area contributed by atoms with Gasteiger partial charge in [0.2, 0.25) is 5.91 Å². The topological polar surface area (TPSA) is 94.3 Å². The van der Waals surface area contributed by atoms with Gasteiger partial charge in [-0.2, -0.15) is 0 Å². The van der Waals surface area contributed by atoms with Crippen molar-refractivity contribution in [3.8, 4) is 11.3 Å². The first-order chi connectivity index (χ1) is 16.4. The third kappa shape index (κ3) is 5.46. The molecule has 174 valence electrons. The second-order valence-electron chi connectivity index (χ2n) is 7.98. The van der Waals surface area contributed by atoms with E-state index in [0.29, 0.717) is 35.2 Å². The van der Waals surface area contributed by atoms with Gasteiger partial charge in [0.25, 0.3) is 5.71 Å². The van der Waals surface area contributed by atoms with Crippen LogP contribution in [-0.2, 0) is 16.0 Å². The molecule has 0 radical (unpaired) electrons. The number of halogens is 1. The SMILES string of the molecule is Cc1ccc(CCC(=O)NCCOC(=O)c2cc(-c3ccc(F)cc3)nc3onc(C)c23)cc1. The molecule has 0 atom stereocenters. The molecule has 2 aromatic carbocycles. The number of hydrogen-bond acceptors (Lipinski definition) is 6. The van der Waals surface area contributed by atoms with Crippen LogP contribution in [0, 0.1) is 19.7 Å². The van der Waals surface area contributed by atoms with E-state index in [1.165, 1.54) is 17.7 Å². The van der Waals surface area contributed by atoms with Crippen LogP contribution in [0.15, 0.2) is 59.1 Å². The van der Waals surface area contributed by atoms with Crippen LogP contribution in [0.25, 0.3) is 22.4 Å². The van der Waals surface area contributed by atoms with E-state index in [9.17, 15) is 14.0 Å². The van der Waals surface area contributed by atoms with Crippen LogP contribution in [0.2, 0.25) is 0 Å². The van der Waals surface area contributed by atoms with Crippen molar-refractivity contribution in [1.82, 2.24) is 15.5 Å². The molecule has 1 N–H and O–H groups in total. The first kappa shape index (κ1) is 23.1. The van der Waals surface area contributed by atoms with E-state index in [1.807, 2.05) is 31.2 Å². The molecule has 7 nitrogen and oxygen atoms in total. The van der Waals surface area contributed by atoms with Crippen LogP contribution in [-0.4, -0.2) is 35.2 Å². The first-order valence-corrected chi connectivity index (χ1v) is 10.9. The Morgan fingerprint density at radius 1 is 1.06 bits per heavy atom. The average Bonchev–Trinajstić information content (AvgIpc) is 3.22. The third-order valence-electron chi connectivity index (χ3n) is 5.40. The first-order valence-electron chi connectivity index (χ1n) is 10.9. The number of aryl methyl sites for hydroxylation is 3. The Labute approximate surface area is 195 Å². The Morgan fingerprint density at radius 2 is 1.79 bits per heavy atom. The van der Waals surface area contributed by atoms with E-state index in [1.54, 1.807) is 25.1 Å². The fourth-order valence-corrected chi connectivity index (χ4v) is 3.54. The maximum absolute atomic E-state index is 13.3. The molecule has 8 heteroatoms. The maximum atomic E-state index is 13.3. The zero-order valence-electron chi connectivity index (χ0n) is 18.9. The number of hydrogen-bond donors (Lipinski definition) is 1. The summed E-state index contributed by atoms with van der Waals surface area (Å²) in [6.45, 7) is 3.92. The van der Waals surface area contributed by atoms with Gasteiger partial charge in [-0.3, -0.25) is 4.79 Å². The Kier molecular flexibility index (Phi) is 6.96. The summed E-state index contributed by atoms with van der Waals surface area (Å²) in [4.78, 5) is 29.3. The fourth-order valence-electron chi connectivity index (χ4n) is 3.54. The minimum atomic E-state index is -0.587. The molecule has 0 aliphatic rings. The predicted molar refractivity (Wildman–Crippen MR) is 125 cm³/mol. The number of rotatable bonds is 8. The summed E-state index contributed by atoms with van der Waals surface area (Å²) in [6.07, 6.45) is 0.989. The Bertz CT molecular complexity index is 1310. The molecular weight excluding hydrogens is 437 g/mol. The van der Waals surface area contributed by atoms with E-state index >= 15 is 0 Å². The second-order valence-corrected chi connectivity index (χ2v) is 7.98. The van der Waals surface area contributed by atoms with E-state index in [4.69, 9.17) is 9.26 Å². The highest BCUT2D eigenvalue weighted by Crippen LogP contribution is 2.27. The van der Waals surface area contributed by atoms with Crippen LogP contribution in [0.3, 0.4) is 0 Å². The van der Waals surface area contributed by atoms with E-state index in [2.05, 4.69) is 15.5 Å². The monoisotopic (exact) mass is 461 g/mol. The molecule has 2 heterocycles. The third-order valence-corrected chi connectivity index (χ3v) is 5.40. The molecule has 0 aliphatic carbocycles. The molecule has 0 unspecified atom stereocenters. The fraction of sp³-hybridized carbons (Fsp3) is 0.231. The number of nitrogens with zero attached hydrogens (tertiary/aromatic N) is 2. The van der Waals surface area contributed by atoms with Crippen molar-refractivity contribution >= 4 is 23.0 Å². The molecule has 0 saturated carbocycles. The lowest BCUT2D eigenvalue weighted by atomic mass is 10.1. The highest BCUT2D eigenvalue weighted by Gasteiger charge is 2.20. The van der Waals surface area contributed by atoms with E-state index in [-0.39, 0.29) is 36.2 Å². The Morgan fingerprint density at radius 3 is 2.53 bits per heavy atom. The largest absolute Gasteiger partial charge is 0.460 e. The zero-order chi connectivity index (χ0) is 24.1. The number of aromatic nitrogens is 2. The number of ether oxygens (including phenoxy) is 1. The van der Waals surface area contributed by atoms with Crippen LogP contribution >= 0.6 is 0 Å². The summed E-state index contributed by atoms with van der Waals surface area (Å²) in [5.74, 6) is -1.08. The Hall–Kier alpha value is -4.07. The molecule has 2 aromatic heterocycles. The predicted octanol–water partition coefficient (Wildman–Crippen LogP) is 4.55. The molecule has 0 aliphatic heterocycles. The van der Waals surface area contributed by atoms with Gasteiger partial charge in [0.15, 0.2) is 0 Å². The van der Waals surface area contributed by atoms with E-state index in [0.717, 1.165) is 5.56 Å². The molecular formula is C26H24FN3O4. The van der Waals surface area contributed by atoms with Gasteiger partial charge < -0.3 is 14.6 Å². The van der Waals surface area contributed by atoms with Gasteiger partial charge in [-0.05, 0) is 56.2 Å². The van der Waals surface area contributed by atoms with Crippen molar-refractivity contribution in [2.45, 2.75) is 26.7 Å². The molecule has 0 fully saturated rings. The number of nitrogens with one attached hydrogen (secondary N) is 1. The van der Waals surface area contributed by atoms with Crippen LogP contribution in [0.4, 0.5) is 4.39 Å². The highest BCUT2D eigenvalue weighted by atomic mass is 19.1. The number of amides is 1. The van der Waals surface area contributed by atoms with Crippen molar-refractivity contribution in [3.05, 3.63) is 82.8 Å². The summed E-state index contributed by atoms with van der Waals surface area (Å²) in [7, 11) is 0. The summed E-state index contributed by atoms with van der Waals surface area (Å²) in [5, 5.41) is 7.11. The number of carbonyl (C=O) groups is 2. The molecule has 0 spiro atoms. The smallest absolute Gasteiger partial charge is 0.339 e. The van der Waals surface area contributed by atoms with Crippen molar-refractivity contribution in [2.24, 2.45) is 0 Å². The van der Waals surface area contributed by atoms with Gasteiger partial charge in [0.1, 0.15) is 12.4 Å². The summed E-state index contributed by atoms with van der Waals surface area (Å²) in [6, 6.07) is 15.4. The summed E-state index contributed by atoms with van der Waals surface area (Å²) in [5.41, 5.74) is 4.25. The molecule has 0 bridgehead atoms. The number of fused-ring (bicyclic) bond motifs is 1. The lowest BCUT2D eigenvalue weighted by Crippen LogP contribution is -2.28. The number of benzene rings is 2. The number of esters is 1. The Balaban J connectivity index is 1.36. The van der Waals surface area contributed by atoms with Gasteiger partial charge in [0.05, 0.1) is 28.9 Å². The second kappa shape index (κ2) is 10.2. The van der Waals surface area contributed by atoms with Crippen molar-refractivity contribution < 1.29 is 23.2 Å². The van der Waals surface area contributed by atoms with Crippen LogP contribution in [0.5, 0.6) is 0 Å². The minimum absolute atomic E-state index is 0.00906. The highest BCUT2D eigenvalue weighted by molar-refractivity contribution is 6.04. The van der Waals surface area contributed by atoms with Crippen molar-refractivity contribution in [2.75, 3.05) is 13.2 Å². The number of carbonyl (C=O) groups excluding carboxylic acids is 2. The standard InChI is InChI=1S/C26H24FN3O4/c1-16-3-5-18(6-4-16)7-12-23(31)28-13-14-33-26(32)21-15-22(19-8-10-20(27)11-9-19)29-25-24(21)17(2)30-34-25/h3-6,8-11,15H,7,12-14H2,1-2H3,(H,28,31). The lowest BCUT2D eigenvalue weighted by molar-refractivity contribution is -0.121. The van der Waals surface area contributed by atoms with Crippen molar-refractivity contribution in [3.63, 3.8) is 0 Å². The lowest BCUT2D eigenvalue weighted by Gasteiger charge is -2.09. The van der Waals surface area contributed by atoms with Gasteiger partial charge in [0, 0.05) is 12.0 Å². The number of pyridine rings is 1. The van der Waals surface area contributed by atoms with Gasteiger partial charge >= 0.3 is 5.97 Å². The van der Waals surface area contributed by atoms with Gasteiger partial charge in [-0.15, -0.1) is 0 Å². The van der Waals surface area contributed by atoms with Crippen LogP contribution in [0.1, 0.15) is 33.6 Å². The minimum Gasteiger partial charge on any atom is -0.460 e. The van der Waals surface area contributed by atoms with Gasteiger partial charge in [-0.1, -0.05) is 35.0 Å². The molecule has 0 saturated heterocycles. The maximum Gasteiger partial charge on any atom is 0.339 e. The summed E-state index contributed by atoms with van der Waals surface area (Å²) < 4.78 is 23.9. The van der Waals surface area contributed by atoms with Gasteiger partial charge in [-0.25, -0.2) is 14.2 Å². The zero-order valence-corrected chi connectivity index (χ0v) is 18.9. The molecule has 1 amide bonds. The summed E-state index contributed by atoms with van der Waals surface area (Å²) >= 11 is 0. The quantitative estimate of drug-likeness (QED) is 0.306. The average molecular weight is 461 g/mol. The normalized spacial score (nSPS) is 10.9.